The van der Waals surface area contributed by atoms with Gasteiger partial charge in [-0.1, -0.05) is 0 Å². The molecule has 0 amide bonds. The Morgan fingerprint density at radius 2 is 2.14 bits per heavy atom. The summed E-state index contributed by atoms with van der Waals surface area (Å²) in [4.78, 5) is 20.0. The molecule has 1 saturated carbocycles. The molecule has 22 heavy (non-hydrogen) atoms. The smallest absolute Gasteiger partial charge is 0.266 e. The van der Waals surface area contributed by atoms with Crippen LogP contribution in [0, 0.1) is 12.8 Å². The lowest BCUT2D eigenvalue weighted by molar-refractivity contribution is 0.0775. The molecule has 1 aliphatic carbocycles. The lowest BCUT2D eigenvalue weighted by Gasteiger charge is -2.38. The molecule has 1 saturated heterocycles. The van der Waals surface area contributed by atoms with Crippen molar-refractivity contribution in [2.24, 2.45) is 5.92 Å². The van der Waals surface area contributed by atoms with Crippen LogP contribution < -0.4 is 5.56 Å². The maximum atomic E-state index is 11.9. The molecule has 2 aliphatic rings. The van der Waals surface area contributed by atoms with E-state index in [2.05, 4.69) is 15.0 Å². The summed E-state index contributed by atoms with van der Waals surface area (Å²) in [6, 6.07) is 3.58. The van der Waals surface area contributed by atoms with Crippen LogP contribution in [0.5, 0.6) is 0 Å². The number of thiazole rings is 1. The summed E-state index contributed by atoms with van der Waals surface area (Å²) < 4.78 is 1.67. The maximum Gasteiger partial charge on any atom is 0.266 e. The Balaban J connectivity index is 1.34. The fourth-order valence-corrected chi connectivity index (χ4v) is 3.89. The molecule has 0 bridgehead atoms. The normalized spacial score (nSPS) is 19.3. The van der Waals surface area contributed by atoms with E-state index < -0.39 is 0 Å². The van der Waals surface area contributed by atoms with Gasteiger partial charge >= 0.3 is 0 Å². The summed E-state index contributed by atoms with van der Waals surface area (Å²) in [5.41, 5.74) is 1.12. The van der Waals surface area contributed by atoms with Crippen LogP contribution in [0.15, 0.2) is 23.1 Å². The van der Waals surface area contributed by atoms with Gasteiger partial charge in [-0.15, -0.1) is 11.3 Å². The van der Waals surface area contributed by atoms with Gasteiger partial charge in [0.2, 0.25) is 0 Å². The summed E-state index contributed by atoms with van der Waals surface area (Å²) >= 11 is 1.76. The van der Waals surface area contributed by atoms with Crippen LogP contribution in [0.4, 0.5) is 0 Å². The fraction of sp³-hybridized carbons (Fsp3) is 0.562. The molecule has 0 aromatic carbocycles. The van der Waals surface area contributed by atoms with E-state index in [1.165, 1.54) is 17.7 Å². The lowest BCUT2D eigenvalue weighted by Crippen LogP contribution is -2.48. The van der Waals surface area contributed by atoms with Crippen LogP contribution >= 0.6 is 11.3 Å². The SMILES string of the molecule is Cc1ncc(CN2CC(Cn3nc(C4CC4)ccc3=O)C2)s1. The second-order valence-corrected chi connectivity index (χ2v) is 7.78. The minimum atomic E-state index is 0.0286. The topological polar surface area (TPSA) is 51.0 Å². The first-order valence-electron chi connectivity index (χ1n) is 7.89. The Morgan fingerprint density at radius 1 is 1.32 bits per heavy atom. The molecule has 116 valence electrons. The van der Waals surface area contributed by atoms with Gasteiger partial charge in [-0.05, 0) is 25.8 Å². The second-order valence-electron chi connectivity index (χ2n) is 6.46. The molecule has 0 atom stereocenters. The zero-order valence-corrected chi connectivity index (χ0v) is 13.6. The van der Waals surface area contributed by atoms with E-state index in [0.29, 0.717) is 11.8 Å². The Morgan fingerprint density at radius 3 is 2.82 bits per heavy atom. The monoisotopic (exact) mass is 316 g/mol. The van der Waals surface area contributed by atoms with E-state index in [4.69, 9.17) is 0 Å². The van der Waals surface area contributed by atoms with Gasteiger partial charge in [-0.3, -0.25) is 9.69 Å². The summed E-state index contributed by atoms with van der Waals surface area (Å²) in [6.07, 6.45) is 4.41. The largest absolute Gasteiger partial charge is 0.297 e. The Kier molecular flexibility index (Phi) is 3.58. The van der Waals surface area contributed by atoms with Crippen molar-refractivity contribution < 1.29 is 0 Å². The van der Waals surface area contributed by atoms with Crippen LogP contribution in [-0.4, -0.2) is 32.8 Å². The van der Waals surface area contributed by atoms with Gasteiger partial charge in [0.25, 0.3) is 5.56 Å². The zero-order valence-electron chi connectivity index (χ0n) is 12.7. The van der Waals surface area contributed by atoms with Crippen molar-refractivity contribution in [3.05, 3.63) is 44.3 Å². The molecule has 1 aliphatic heterocycles. The molecule has 4 rings (SSSR count). The van der Waals surface area contributed by atoms with Gasteiger partial charge < -0.3 is 0 Å². The van der Waals surface area contributed by atoms with Gasteiger partial charge in [-0.2, -0.15) is 5.10 Å². The van der Waals surface area contributed by atoms with Crippen molar-refractivity contribution >= 4 is 11.3 Å². The zero-order chi connectivity index (χ0) is 15.1. The van der Waals surface area contributed by atoms with Crippen molar-refractivity contribution in [1.29, 1.82) is 0 Å². The molecule has 0 radical (unpaired) electrons. The highest BCUT2D eigenvalue weighted by Crippen LogP contribution is 2.38. The number of rotatable bonds is 5. The maximum absolute atomic E-state index is 11.9. The van der Waals surface area contributed by atoms with E-state index in [1.54, 1.807) is 22.1 Å². The first-order chi connectivity index (χ1) is 10.7. The quantitative estimate of drug-likeness (QED) is 0.847. The molecule has 0 N–H and O–H groups in total. The molecule has 0 spiro atoms. The van der Waals surface area contributed by atoms with Gasteiger partial charge in [-0.25, -0.2) is 9.67 Å². The molecule has 0 unspecified atom stereocenters. The average Bonchev–Trinajstić information content (AvgIpc) is 3.22. The first-order valence-corrected chi connectivity index (χ1v) is 8.71. The average molecular weight is 316 g/mol. The Hall–Kier alpha value is -1.53. The third kappa shape index (κ3) is 2.98. The van der Waals surface area contributed by atoms with Gasteiger partial charge in [0.05, 0.1) is 17.2 Å². The predicted molar refractivity (Wildman–Crippen MR) is 86.1 cm³/mol. The molecule has 2 fully saturated rings. The minimum absolute atomic E-state index is 0.0286. The lowest BCUT2D eigenvalue weighted by atomic mass is 10.0. The third-order valence-electron chi connectivity index (χ3n) is 4.40. The van der Waals surface area contributed by atoms with Crippen molar-refractivity contribution in [1.82, 2.24) is 19.7 Å². The number of aromatic nitrogens is 3. The number of hydrogen-bond donors (Lipinski definition) is 0. The second kappa shape index (κ2) is 5.59. The van der Waals surface area contributed by atoms with E-state index in [1.807, 2.05) is 19.2 Å². The summed E-state index contributed by atoms with van der Waals surface area (Å²) in [5, 5.41) is 5.67. The van der Waals surface area contributed by atoms with E-state index in [-0.39, 0.29) is 5.56 Å². The van der Waals surface area contributed by atoms with Crippen LogP contribution in [-0.2, 0) is 13.1 Å². The van der Waals surface area contributed by atoms with Crippen LogP contribution in [0.25, 0.3) is 0 Å². The van der Waals surface area contributed by atoms with Crippen LogP contribution in [0.2, 0.25) is 0 Å². The van der Waals surface area contributed by atoms with Crippen LogP contribution in [0.3, 0.4) is 0 Å². The molecule has 6 heteroatoms. The fourth-order valence-electron chi connectivity index (χ4n) is 3.06. The van der Waals surface area contributed by atoms with Crippen molar-refractivity contribution in [2.45, 2.75) is 38.8 Å². The number of nitrogens with zero attached hydrogens (tertiary/aromatic N) is 4. The van der Waals surface area contributed by atoms with Crippen molar-refractivity contribution in [3.63, 3.8) is 0 Å². The van der Waals surface area contributed by atoms with Crippen LogP contribution in [0.1, 0.15) is 34.3 Å². The summed E-state index contributed by atoms with van der Waals surface area (Å²) in [5.74, 6) is 1.13. The Bertz CT molecular complexity index is 728. The molecule has 2 aromatic heterocycles. The number of likely N-dealkylation sites (tertiary alicyclic amines) is 1. The van der Waals surface area contributed by atoms with E-state index in [9.17, 15) is 4.79 Å². The molecule has 2 aromatic rings. The molecule has 3 heterocycles. The summed E-state index contributed by atoms with van der Waals surface area (Å²) in [6.45, 7) is 5.85. The first kappa shape index (κ1) is 14.1. The number of hydrogen-bond acceptors (Lipinski definition) is 5. The van der Waals surface area contributed by atoms with Crippen molar-refractivity contribution in [3.8, 4) is 0 Å². The van der Waals surface area contributed by atoms with E-state index in [0.717, 1.165) is 36.9 Å². The predicted octanol–water partition coefficient (Wildman–Crippen LogP) is 2.02. The highest BCUT2D eigenvalue weighted by Gasteiger charge is 2.29. The molecular formula is C16H20N4OS. The van der Waals surface area contributed by atoms with Gasteiger partial charge in [0, 0.05) is 48.6 Å². The highest BCUT2D eigenvalue weighted by molar-refractivity contribution is 7.11. The minimum Gasteiger partial charge on any atom is -0.297 e. The Labute approximate surface area is 133 Å². The third-order valence-corrected chi connectivity index (χ3v) is 5.29. The molecular weight excluding hydrogens is 296 g/mol. The highest BCUT2D eigenvalue weighted by atomic mass is 32.1. The molecule has 5 nitrogen and oxygen atoms in total. The number of aryl methyl sites for hydroxylation is 1. The van der Waals surface area contributed by atoms with Gasteiger partial charge in [0.15, 0.2) is 0 Å². The standard InChI is InChI=1S/C16H20N4OS/c1-11-17-6-14(22-11)10-19-7-12(8-19)9-20-16(21)5-4-15(18-20)13-2-3-13/h4-6,12-13H,2-3,7-10H2,1H3. The van der Waals surface area contributed by atoms with E-state index >= 15 is 0 Å². The van der Waals surface area contributed by atoms with Crippen molar-refractivity contribution in [2.75, 3.05) is 13.1 Å². The van der Waals surface area contributed by atoms with Gasteiger partial charge in [0.1, 0.15) is 0 Å². The summed E-state index contributed by atoms with van der Waals surface area (Å²) in [7, 11) is 0.